The van der Waals surface area contributed by atoms with Crippen molar-refractivity contribution in [1.82, 2.24) is 4.90 Å². The molecule has 1 aromatic rings. The third-order valence-corrected chi connectivity index (χ3v) is 4.67. The van der Waals surface area contributed by atoms with E-state index in [1.807, 2.05) is 24.3 Å². The van der Waals surface area contributed by atoms with Gasteiger partial charge < -0.3 is 20.5 Å². The predicted molar refractivity (Wildman–Crippen MR) is 83.5 cm³/mol. The number of amides is 2. The molecule has 1 aliphatic carbocycles. The second-order valence-electron chi connectivity index (χ2n) is 6.42. The number of carbonyl (C=O) groups is 2. The number of rotatable bonds is 4. The lowest BCUT2D eigenvalue weighted by atomic mass is 9.96. The van der Waals surface area contributed by atoms with Crippen LogP contribution in [0.3, 0.4) is 0 Å². The van der Waals surface area contributed by atoms with Gasteiger partial charge in [0.05, 0.1) is 6.10 Å². The van der Waals surface area contributed by atoms with Crippen molar-refractivity contribution in [3.63, 3.8) is 0 Å². The van der Waals surface area contributed by atoms with Gasteiger partial charge in [-0.2, -0.15) is 0 Å². The van der Waals surface area contributed by atoms with Gasteiger partial charge >= 0.3 is 0 Å². The smallest absolute Gasteiger partial charge is 0.255 e. The summed E-state index contributed by atoms with van der Waals surface area (Å²) in [5, 5.41) is 10.8. The van der Waals surface area contributed by atoms with Crippen molar-refractivity contribution in [3.8, 4) is 0 Å². The number of ether oxygens (including phenoxy) is 1. The number of hydrogen-bond donors (Lipinski definition) is 2. The molecule has 2 aliphatic rings. The van der Waals surface area contributed by atoms with Gasteiger partial charge in [-0.3, -0.25) is 9.59 Å². The summed E-state index contributed by atoms with van der Waals surface area (Å²) in [6.45, 7) is 0.972. The molecule has 1 fully saturated rings. The minimum atomic E-state index is -1.33. The summed E-state index contributed by atoms with van der Waals surface area (Å²) in [6.07, 6.45) is 2.01. The predicted octanol–water partition coefficient (Wildman–Crippen LogP) is 0.00920. The number of aliphatic hydroxyl groups is 1. The van der Waals surface area contributed by atoms with Crippen molar-refractivity contribution in [2.24, 2.45) is 5.73 Å². The third-order valence-electron chi connectivity index (χ3n) is 4.67. The summed E-state index contributed by atoms with van der Waals surface area (Å²) in [5.74, 6) is -0.691. The summed E-state index contributed by atoms with van der Waals surface area (Å²) < 4.78 is 5.40. The van der Waals surface area contributed by atoms with Gasteiger partial charge in [0.1, 0.15) is 6.61 Å². The first-order valence-electron chi connectivity index (χ1n) is 7.96. The van der Waals surface area contributed by atoms with Crippen LogP contribution in [0, 0.1) is 0 Å². The van der Waals surface area contributed by atoms with E-state index in [1.54, 1.807) is 4.90 Å². The van der Waals surface area contributed by atoms with Crippen LogP contribution in [0.4, 0.5) is 0 Å². The molecule has 0 bridgehead atoms. The Hall–Kier alpha value is -1.92. The van der Waals surface area contributed by atoms with E-state index in [9.17, 15) is 14.7 Å². The number of benzene rings is 1. The molecule has 23 heavy (non-hydrogen) atoms. The van der Waals surface area contributed by atoms with E-state index in [-0.39, 0.29) is 18.6 Å². The van der Waals surface area contributed by atoms with Gasteiger partial charge in [-0.1, -0.05) is 24.3 Å². The SMILES string of the molecule is NC(=O)COC1CCN(C(=O)C2(O)Cc3ccccc3C2)CC1. The molecule has 6 nitrogen and oxygen atoms in total. The zero-order valence-corrected chi connectivity index (χ0v) is 13.0. The Bertz CT molecular complexity index is 583. The van der Waals surface area contributed by atoms with Crippen molar-refractivity contribution in [3.05, 3.63) is 35.4 Å². The van der Waals surface area contributed by atoms with Crippen molar-refractivity contribution < 1.29 is 19.4 Å². The second-order valence-corrected chi connectivity index (χ2v) is 6.42. The minimum absolute atomic E-state index is 0.0537. The lowest BCUT2D eigenvalue weighted by Crippen LogP contribution is -2.53. The normalized spacial score (nSPS) is 20.3. The van der Waals surface area contributed by atoms with E-state index < -0.39 is 11.5 Å². The fourth-order valence-electron chi connectivity index (χ4n) is 3.47. The summed E-state index contributed by atoms with van der Waals surface area (Å²) in [6, 6.07) is 7.78. The van der Waals surface area contributed by atoms with Crippen molar-refractivity contribution in [2.45, 2.75) is 37.4 Å². The highest BCUT2D eigenvalue weighted by Crippen LogP contribution is 2.32. The molecule has 2 amide bonds. The highest BCUT2D eigenvalue weighted by Gasteiger charge is 2.44. The molecular weight excluding hydrogens is 296 g/mol. The topological polar surface area (TPSA) is 92.9 Å². The van der Waals surface area contributed by atoms with E-state index >= 15 is 0 Å². The fourth-order valence-corrected chi connectivity index (χ4v) is 3.47. The van der Waals surface area contributed by atoms with Gasteiger partial charge in [0.2, 0.25) is 5.91 Å². The summed E-state index contributed by atoms with van der Waals surface area (Å²) in [4.78, 5) is 25.2. The maximum absolute atomic E-state index is 12.7. The molecule has 0 saturated carbocycles. The number of carbonyl (C=O) groups excluding carboxylic acids is 2. The van der Waals surface area contributed by atoms with Crippen LogP contribution >= 0.6 is 0 Å². The number of fused-ring (bicyclic) bond motifs is 1. The van der Waals surface area contributed by atoms with Crippen molar-refractivity contribution in [2.75, 3.05) is 19.7 Å². The fraction of sp³-hybridized carbons (Fsp3) is 0.529. The Labute approximate surface area is 135 Å². The Morgan fingerprint density at radius 1 is 1.22 bits per heavy atom. The van der Waals surface area contributed by atoms with Gasteiger partial charge in [-0.25, -0.2) is 0 Å². The maximum atomic E-state index is 12.7. The van der Waals surface area contributed by atoms with Crippen LogP contribution in [0.25, 0.3) is 0 Å². The molecule has 1 aromatic carbocycles. The Morgan fingerprint density at radius 3 is 2.30 bits per heavy atom. The lowest BCUT2D eigenvalue weighted by molar-refractivity contribution is -0.153. The van der Waals surface area contributed by atoms with Gasteiger partial charge in [0.25, 0.3) is 5.91 Å². The molecule has 0 radical (unpaired) electrons. The first-order valence-corrected chi connectivity index (χ1v) is 7.96. The van der Waals surface area contributed by atoms with Crippen LogP contribution in [0.1, 0.15) is 24.0 Å². The van der Waals surface area contributed by atoms with Crippen molar-refractivity contribution in [1.29, 1.82) is 0 Å². The Kier molecular flexibility index (Phi) is 4.37. The van der Waals surface area contributed by atoms with Gasteiger partial charge in [-0.15, -0.1) is 0 Å². The van der Waals surface area contributed by atoms with Crippen LogP contribution in [-0.4, -0.2) is 53.2 Å². The van der Waals surface area contributed by atoms with Gasteiger partial charge in [0.15, 0.2) is 5.60 Å². The number of hydrogen-bond acceptors (Lipinski definition) is 4. The number of likely N-dealkylation sites (tertiary alicyclic amines) is 1. The average molecular weight is 318 g/mol. The molecule has 0 unspecified atom stereocenters. The van der Waals surface area contributed by atoms with E-state index in [0.717, 1.165) is 11.1 Å². The van der Waals surface area contributed by atoms with E-state index in [0.29, 0.717) is 38.8 Å². The zero-order valence-electron chi connectivity index (χ0n) is 13.0. The first kappa shape index (κ1) is 16.0. The maximum Gasteiger partial charge on any atom is 0.255 e. The third kappa shape index (κ3) is 3.38. The monoisotopic (exact) mass is 318 g/mol. The summed E-state index contributed by atoms with van der Waals surface area (Å²) in [5.41, 5.74) is 5.83. The van der Waals surface area contributed by atoms with E-state index in [1.165, 1.54) is 0 Å². The molecule has 124 valence electrons. The Morgan fingerprint density at radius 2 is 1.78 bits per heavy atom. The van der Waals surface area contributed by atoms with Gasteiger partial charge in [0, 0.05) is 25.9 Å². The highest BCUT2D eigenvalue weighted by molar-refractivity contribution is 5.87. The molecule has 1 saturated heterocycles. The average Bonchev–Trinajstić information content (AvgIpc) is 2.90. The first-order chi connectivity index (χ1) is 11.0. The highest BCUT2D eigenvalue weighted by atomic mass is 16.5. The standard InChI is InChI=1S/C17H22N2O4/c18-15(20)11-23-14-5-7-19(8-6-14)16(21)17(22)9-12-3-1-2-4-13(12)10-17/h1-4,14,22H,5-11H2,(H2,18,20). The second kappa shape index (κ2) is 6.29. The van der Waals surface area contributed by atoms with Crippen LogP contribution < -0.4 is 5.73 Å². The lowest BCUT2D eigenvalue weighted by Gasteiger charge is -2.36. The molecule has 1 heterocycles. The van der Waals surface area contributed by atoms with Crippen LogP contribution in [0.15, 0.2) is 24.3 Å². The number of piperidine rings is 1. The summed E-state index contributed by atoms with van der Waals surface area (Å²) >= 11 is 0. The van der Waals surface area contributed by atoms with Crippen LogP contribution in [0.2, 0.25) is 0 Å². The molecule has 3 N–H and O–H groups in total. The molecule has 6 heteroatoms. The largest absolute Gasteiger partial charge is 0.379 e. The number of nitrogens with two attached hydrogens (primary N) is 1. The van der Waals surface area contributed by atoms with Crippen molar-refractivity contribution >= 4 is 11.8 Å². The molecule has 0 spiro atoms. The molecule has 0 aromatic heterocycles. The minimum Gasteiger partial charge on any atom is -0.379 e. The zero-order chi connectivity index (χ0) is 16.4. The molecule has 0 atom stereocenters. The number of nitrogens with zero attached hydrogens (tertiary/aromatic N) is 1. The van der Waals surface area contributed by atoms with Gasteiger partial charge in [-0.05, 0) is 24.0 Å². The Balaban J connectivity index is 1.57. The van der Waals surface area contributed by atoms with Crippen LogP contribution in [-0.2, 0) is 27.2 Å². The molecular formula is C17H22N2O4. The summed E-state index contributed by atoms with van der Waals surface area (Å²) in [7, 11) is 0. The quantitative estimate of drug-likeness (QED) is 0.818. The van der Waals surface area contributed by atoms with Crippen LogP contribution in [0.5, 0.6) is 0 Å². The molecule has 1 aliphatic heterocycles. The van der Waals surface area contributed by atoms with E-state index in [4.69, 9.17) is 10.5 Å². The van der Waals surface area contributed by atoms with E-state index in [2.05, 4.69) is 0 Å². The molecule has 3 rings (SSSR count). The number of primary amides is 1.